The molecule has 3 aromatic rings. The molecule has 4 amide bonds. The van der Waals surface area contributed by atoms with Crippen molar-refractivity contribution < 1.29 is 23.9 Å². The fraction of sp³-hybridized carbons (Fsp3) is 0.280. The Hall–Kier alpha value is -4.14. The SMILES string of the molecule is O=C1NC(=O)C(Oc2ccc(Oc3ccc(-c4cn[nH]c4)cc3)cc2)(C2CCCCC2)C(=O)N1. The molecule has 0 atom stereocenters. The third-order valence-electron chi connectivity index (χ3n) is 6.33. The normalized spacial score (nSPS) is 18.2. The molecule has 2 aromatic carbocycles. The molecular formula is C25H24N4O5. The highest BCUT2D eigenvalue weighted by atomic mass is 16.5. The highest BCUT2D eigenvalue weighted by molar-refractivity contribution is 6.22. The number of carbonyl (C=O) groups excluding carboxylic acids is 3. The van der Waals surface area contributed by atoms with E-state index in [4.69, 9.17) is 9.47 Å². The molecule has 2 fully saturated rings. The van der Waals surface area contributed by atoms with Crippen LogP contribution in [0.2, 0.25) is 0 Å². The molecule has 34 heavy (non-hydrogen) atoms. The van der Waals surface area contributed by atoms with E-state index in [1.807, 2.05) is 30.5 Å². The van der Waals surface area contributed by atoms with Crippen LogP contribution in [-0.4, -0.2) is 33.6 Å². The van der Waals surface area contributed by atoms with Crippen molar-refractivity contribution in [3.8, 4) is 28.4 Å². The Morgan fingerprint density at radius 1 is 0.765 bits per heavy atom. The van der Waals surface area contributed by atoms with Crippen LogP contribution in [-0.2, 0) is 9.59 Å². The Labute approximate surface area is 195 Å². The number of imide groups is 2. The second-order valence-electron chi connectivity index (χ2n) is 8.49. The largest absolute Gasteiger partial charge is 0.467 e. The number of nitrogens with one attached hydrogen (secondary N) is 3. The summed E-state index contributed by atoms with van der Waals surface area (Å²) < 4.78 is 12.0. The first kappa shape index (κ1) is 21.7. The molecule has 2 aliphatic rings. The predicted molar refractivity (Wildman–Crippen MR) is 122 cm³/mol. The lowest BCUT2D eigenvalue weighted by Crippen LogP contribution is -2.72. The van der Waals surface area contributed by atoms with Crippen molar-refractivity contribution in [1.29, 1.82) is 0 Å². The van der Waals surface area contributed by atoms with Gasteiger partial charge in [-0.15, -0.1) is 0 Å². The number of barbiturate groups is 1. The molecule has 9 nitrogen and oxygen atoms in total. The standard InChI is InChI=1S/C25H24N4O5/c30-22-25(18-4-2-1-3-5-18,23(31)29-24(32)28-22)34-21-12-10-20(11-13-21)33-19-8-6-16(7-9-19)17-14-26-27-15-17/h6-15,18H,1-5H2,(H,26,27)(H2,28,29,30,31,32). The van der Waals surface area contributed by atoms with Gasteiger partial charge in [0.25, 0.3) is 17.4 Å². The summed E-state index contributed by atoms with van der Waals surface area (Å²) in [5.74, 6) is -0.184. The van der Waals surface area contributed by atoms with Crippen LogP contribution in [0.25, 0.3) is 11.1 Å². The first-order chi connectivity index (χ1) is 16.5. The van der Waals surface area contributed by atoms with Crippen LogP contribution < -0.4 is 20.1 Å². The Kier molecular flexibility index (Phi) is 5.75. The van der Waals surface area contributed by atoms with Crippen LogP contribution >= 0.6 is 0 Å². The number of aromatic amines is 1. The average Bonchev–Trinajstić information content (AvgIpc) is 3.39. The van der Waals surface area contributed by atoms with Gasteiger partial charge in [-0.25, -0.2) is 4.79 Å². The van der Waals surface area contributed by atoms with Crippen molar-refractivity contribution in [1.82, 2.24) is 20.8 Å². The number of benzene rings is 2. The van der Waals surface area contributed by atoms with E-state index in [1.54, 1.807) is 30.5 Å². The van der Waals surface area contributed by atoms with Gasteiger partial charge >= 0.3 is 6.03 Å². The zero-order chi connectivity index (χ0) is 23.5. The van der Waals surface area contributed by atoms with Crippen molar-refractivity contribution in [2.45, 2.75) is 37.7 Å². The number of hydrogen-bond acceptors (Lipinski definition) is 6. The molecule has 3 N–H and O–H groups in total. The van der Waals surface area contributed by atoms with Gasteiger partial charge in [-0.3, -0.25) is 25.3 Å². The molecule has 1 saturated heterocycles. The number of nitrogens with zero attached hydrogens (tertiary/aromatic N) is 1. The summed E-state index contributed by atoms with van der Waals surface area (Å²) in [5.41, 5.74) is 0.220. The van der Waals surface area contributed by atoms with Gasteiger partial charge in [0.1, 0.15) is 17.2 Å². The molecule has 9 heteroatoms. The summed E-state index contributed by atoms with van der Waals surface area (Å²) >= 11 is 0. The number of H-pyrrole nitrogens is 1. The lowest BCUT2D eigenvalue weighted by molar-refractivity contribution is -0.158. The van der Waals surface area contributed by atoms with Gasteiger partial charge < -0.3 is 9.47 Å². The van der Waals surface area contributed by atoms with Gasteiger partial charge in [0.05, 0.1) is 6.20 Å². The number of hydrogen-bond donors (Lipinski definition) is 3. The average molecular weight is 460 g/mol. The van der Waals surface area contributed by atoms with E-state index in [9.17, 15) is 14.4 Å². The van der Waals surface area contributed by atoms with Gasteiger partial charge in [-0.2, -0.15) is 5.10 Å². The predicted octanol–water partition coefficient (Wildman–Crippen LogP) is 3.93. The molecule has 1 aliphatic carbocycles. The van der Waals surface area contributed by atoms with E-state index < -0.39 is 23.4 Å². The zero-order valence-electron chi connectivity index (χ0n) is 18.4. The van der Waals surface area contributed by atoms with Crippen LogP contribution in [0.4, 0.5) is 4.79 Å². The summed E-state index contributed by atoms with van der Waals surface area (Å²) in [7, 11) is 0. The maximum Gasteiger partial charge on any atom is 0.328 e. The summed E-state index contributed by atoms with van der Waals surface area (Å²) in [6.07, 6.45) is 7.75. The second-order valence-corrected chi connectivity index (χ2v) is 8.49. The maximum atomic E-state index is 12.9. The van der Waals surface area contributed by atoms with E-state index in [1.165, 1.54) is 0 Å². The molecule has 5 rings (SSSR count). The minimum atomic E-state index is -1.78. The molecule has 0 unspecified atom stereocenters. The van der Waals surface area contributed by atoms with Crippen molar-refractivity contribution in [2.75, 3.05) is 0 Å². The summed E-state index contributed by atoms with van der Waals surface area (Å²) in [5, 5.41) is 11.2. The van der Waals surface area contributed by atoms with Gasteiger partial charge in [0.15, 0.2) is 0 Å². The van der Waals surface area contributed by atoms with Gasteiger partial charge in [0.2, 0.25) is 0 Å². The van der Waals surface area contributed by atoms with Crippen molar-refractivity contribution in [3.05, 3.63) is 60.9 Å². The van der Waals surface area contributed by atoms with E-state index in [2.05, 4.69) is 20.8 Å². The molecule has 0 spiro atoms. The second kappa shape index (κ2) is 9.01. The molecule has 1 saturated carbocycles. The minimum absolute atomic E-state index is 0.320. The first-order valence-corrected chi connectivity index (χ1v) is 11.3. The zero-order valence-corrected chi connectivity index (χ0v) is 18.4. The van der Waals surface area contributed by atoms with Crippen molar-refractivity contribution in [2.24, 2.45) is 5.92 Å². The Morgan fingerprint density at radius 2 is 1.35 bits per heavy atom. The minimum Gasteiger partial charge on any atom is -0.467 e. The Balaban J connectivity index is 1.33. The van der Waals surface area contributed by atoms with Gasteiger partial charge in [-0.05, 0) is 54.8 Å². The smallest absolute Gasteiger partial charge is 0.328 e. The molecule has 0 bridgehead atoms. The molecule has 0 radical (unpaired) electrons. The fourth-order valence-electron chi connectivity index (χ4n) is 4.60. The number of aromatic nitrogens is 2. The van der Waals surface area contributed by atoms with E-state index in [0.29, 0.717) is 30.1 Å². The lowest BCUT2D eigenvalue weighted by Gasteiger charge is -2.41. The first-order valence-electron chi connectivity index (χ1n) is 11.3. The number of carbonyl (C=O) groups is 3. The molecule has 1 aliphatic heterocycles. The van der Waals surface area contributed by atoms with Crippen LogP contribution in [0.15, 0.2) is 60.9 Å². The summed E-state index contributed by atoms with van der Waals surface area (Å²) in [6, 6.07) is 13.5. The van der Waals surface area contributed by atoms with Gasteiger partial charge in [0, 0.05) is 17.7 Å². The molecule has 1 aromatic heterocycles. The van der Waals surface area contributed by atoms with Crippen LogP contribution in [0.3, 0.4) is 0 Å². The molecule has 2 heterocycles. The highest BCUT2D eigenvalue weighted by Crippen LogP contribution is 2.38. The quantitative estimate of drug-likeness (QED) is 0.479. The van der Waals surface area contributed by atoms with E-state index in [-0.39, 0.29) is 5.92 Å². The maximum absolute atomic E-state index is 12.9. The third-order valence-corrected chi connectivity index (χ3v) is 6.33. The van der Waals surface area contributed by atoms with Crippen LogP contribution in [0, 0.1) is 5.92 Å². The fourth-order valence-corrected chi connectivity index (χ4v) is 4.60. The Bertz CT molecular complexity index is 1160. The summed E-state index contributed by atoms with van der Waals surface area (Å²) in [6.45, 7) is 0. The van der Waals surface area contributed by atoms with Crippen LogP contribution in [0.1, 0.15) is 32.1 Å². The Morgan fingerprint density at radius 3 is 1.94 bits per heavy atom. The molecular weight excluding hydrogens is 436 g/mol. The van der Waals surface area contributed by atoms with Crippen LogP contribution in [0.5, 0.6) is 17.2 Å². The topological polar surface area (TPSA) is 122 Å². The number of urea groups is 1. The summed E-state index contributed by atoms with van der Waals surface area (Å²) in [4.78, 5) is 37.5. The third kappa shape index (κ3) is 4.12. The monoisotopic (exact) mass is 460 g/mol. The number of ether oxygens (including phenoxy) is 2. The highest BCUT2D eigenvalue weighted by Gasteiger charge is 2.58. The number of rotatable bonds is 6. The van der Waals surface area contributed by atoms with Crippen molar-refractivity contribution in [3.63, 3.8) is 0 Å². The number of amides is 4. The van der Waals surface area contributed by atoms with E-state index in [0.717, 1.165) is 30.4 Å². The van der Waals surface area contributed by atoms with E-state index >= 15 is 0 Å². The lowest BCUT2D eigenvalue weighted by atomic mass is 9.75. The molecule has 174 valence electrons. The van der Waals surface area contributed by atoms with Crippen molar-refractivity contribution >= 4 is 17.8 Å². The van der Waals surface area contributed by atoms with Gasteiger partial charge in [-0.1, -0.05) is 31.4 Å².